The van der Waals surface area contributed by atoms with Gasteiger partial charge in [0.15, 0.2) is 0 Å². The van der Waals surface area contributed by atoms with E-state index in [1.165, 1.54) is 0 Å². The van der Waals surface area contributed by atoms with E-state index in [0.29, 0.717) is 6.54 Å². The monoisotopic (exact) mass is 290 g/mol. The lowest BCUT2D eigenvalue weighted by atomic mass is 9.80. The van der Waals surface area contributed by atoms with E-state index in [0.717, 1.165) is 22.4 Å². The highest BCUT2D eigenvalue weighted by Crippen LogP contribution is 2.44. The van der Waals surface area contributed by atoms with Crippen LogP contribution in [0.25, 0.3) is 0 Å². The maximum Gasteiger partial charge on any atom is 0.238 e. The third-order valence-electron chi connectivity index (χ3n) is 4.37. The Morgan fingerprint density at radius 1 is 1.18 bits per heavy atom. The summed E-state index contributed by atoms with van der Waals surface area (Å²) in [5, 5.41) is 9.16. The molecule has 0 aromatic heterocycles. The molecule has 1 heterocycles. The largest absolute Gasteiger partial charge is 0.307 e. The predicted octanol–water partition coefficient (Wildman–Crippen LogP) is 3.71. The van der Waals surface area contributed by atoms with Gasteiger partial charge in [0.2, 0.25) is 5.91 Å². The molecule has 0 saturated heterocycles. The minimum absolute atomic E-state index is 0.0125. The number of hydrogen-bond donors (Lipinski definition) is 0. The van der Waals surface area contributed by atoms with Crippen molar-refractivity contribution in [3.63, 3.8) is 0 Å². The summed E-state index contributed by atoms with van der Waals surface area (Å²) in [7, 11) is 0. The van der Waals surface area contributed by atoms with E-state index < -0.39 is 5.41 Å². The second-order valence-electron chi connectivity index (χ2n) is 6.06. The van der Waals surface area contributed by atoms with Gasteiger partial charge in [0.05, 0.1) is 24.4 Å². The van der Waals surface area contributed by atoms with Crippen molar-refractivity contribution in [2.24, 2.45) is 0 Å². The number of aryl methyl sites for hydroxylation is 1. The summed E-state index contributed by atoms with van der Waals surface area (Å²) in [6.45, 7) is 4.43. The molecule has 3 heteroatoms. The number of nitriles is 1. The number of fused-ring (bicyclic) bond motifs is 1. The van der Waals surface area contributed by atoms with E-state index in [2.05, 4.69) is 6.07 Å². The molecular weight excluding hydrogens is 272 g/mol. The van der Waals surface area contributed by atoms with Crippen LogP contribution in [0.3, 0.4) is 0 Å². The van der Waals surface area contributed by atoms with Gasteiger partial charge in [-0.3, -0.25) is 4.79 Å². The summed E-state index contributed by atoms with van der Waals surface area (Å²) < 4.78 is 0. The fraction of sp³-hybridized carbons (Fsp3) is 0.263. The molecule has 0 radical (unpaired) electrons. The van der Waals surface area contributed by atoms with Gasteiger partial charge in [0.1, 0.15) is 0 Å². The molecule has 2 aromatic rings. The average molecular weight is 290 g/mol. The van der Waals surface area contributed by atoms with Crippen LogP contribution in [0.2, 0.25) is 0 Å². The minimum atomic E-state index is -0.745. The van der Waals surface area contributed by atoms with Crippen LogP contribution in [-0.2, 0) is 16.8 Å². The maximum atomic E-state index is 13.0. The normalized spacial score (nSPS) is 19.9. The van der Waals surface area contributed by atoms with Gasteiger partial charge in [-0.15, -0.1) is 0 Å². The third kappa shape index (κ3) is 2.17. The van der Waals surface area contributed by atoms with Crippen LogP contribution in [0.5, 0.6) is 0 Å². The average Bonchev–Trinajstić information content (AvgIpc) is 2.71. The number of nitrogens with zero attached hydrogens (tertiary/aromatic N) is 2. The van der Waals surface area contributed by atoms with Gasteiger partial charge >= 0.3 is 0 Å². The minimum Gasteiger partial charge on any atom is -0.307 e. The van der Waals surface area contributed by atoms with Crippen molar-refractivity contribution in [3.05, 3.63) is 65.2 Å². The fourth-order valence-electron chi connectivity index (χ4n) is 3.10. The highest BCUT2D eigenvalue weighted by atomic mass is 16.2. The van der Waals surface area contributed by atoms with Crippen LogP contribution >= 0.6 is 0 Å². The lowest BCUT2D eigenvalue weighted by Gasteiger charge is -2.22. The number of carbonyl (C=O) groups is 1. The summed E-state index contributed by atoms with van der Waals surface area (Å²) >= 11 is 0. The lowest BCUT2D eigenvalue weighted by molar-refractivity contribution is -0.122. The molecule has 3 nitrogen and oxygen atoms in total. The van der Waals surface area contributed by atoms with Crippen molar-refractivity contribution in [1.82, 2.24) is 0 Å². The number of anilines is 1. The van der Waals surface area contributed by atoms with Crippen molar-refractivity contribution >= 4 is 11.6 Å². The van der Waals surface area contributed by atoms with Gasteiger partial charge in [-0.25, -0.2) is 0 Å². The Hall–Kier alpha value is -2.60. The fourth-order valence-corrected chi connectivity index (χ4v) is 3.10. The summed E-state index contributed by atoms with van der Waals surface area (Å²) in [5.41, 5.74) is 3.35. The second kappa shape index (κ2) is 5.31. The molecule has 1 atom stereocenters. The van der Waals surface area contributed by atoms with Crippen LogP contribution in [-0.4, -0.2) is 5.91 Å². The Morgan fingerprint density at radius 3 is 2.59 bits per heavy atom. The zero-order chi connectivity index (χ0) is 15.7. The van der Waals surface area contributed by atoms with Crippen molar-refractivity contribution in [2.75, 3.05) is 4.90 Å². The number of amides is 1. The molecule has 0 bridgehead atoms. The lowest BCUT2D eigenvalue weighted by Crippen LogP contribution is -2.37. The van der Waals surface area contributed by atoms with Crippen LogP contribution in [0.4, 0.5) is 5.69 Å². The van der Waals surface area contributed by atoms with E-state index in [-0.39, 0.29) is 12.3 Å². The van der Waals surface area contributed by atoms with Gasteiger partial charge in [-0.2, -0.15) is 5.26 Å². The Balaban J connectivity index is 2.07. The van der Waals surface area contributed by atoms with E-state index >= 15 is 0 Å². The molecule has 1 aliphatic heterocycles. The Morgan fingerprint density at radius 2 is 1.91 bits per heavy atom. The van der Waals surface area contributed by atoms with Gasteiger partial charge in [0, 0.05) is 5.69 Å². The van der Waals surface area contributed by atoms with Gasteiger partial charge in [-0.05, 0) is 31.0 Å². The third-order valence-corrected chi connectivity index (χ3v) is 4.37. The van der Waals surface area contributed by atoms with Crippen molar-refractivity contribution in [1.29, 1.82) is 5.26 Å². The highest BCUT2D eigenvalue weighted by Gasteiger charge is 2.47. The molecule has 0 saturated carbocycles. The molecule has 0 aliphatic carbocycles. The molecule has 0 fully saturated rings. The molecule has 1 amide bonds. The summed E-state index contributed by atoms with van der Waals surface area (Å²) in [6.07, 6.45) is 0.202. The Kier molecular flexibility index (Phi) is 3.46. The van der Waals surface area contributed by atoms with Crippen LogP contribution < -0.4 is 4.90 Å². The number of rotatable bonds is 3. The highest BCUT2D eigenvalue weighted by molar-refractivity contribution is 6.08. The quantitative estimate of drug-likeness (QED) is 0.865. The van der Waals surface area contributed by atoms with E-state index in [1.54, 1.807) is 4.90 Å². The predicted molar refractivity (Wildman–Crippen MR) is 86.4 cm³/mol. The molecule has 3 rings (SSSR count). The summed E-state index contributed by atoms with van der Waals surface area (Å²) in [6, 6.07) is 18.2. The van der Waals surface area contributed by atoms with Gasteiger partial charge < -0.3 is 4.90 Å². The van der Waals surface area contributed by atoms with Crippen LogP contribution in [0.1, 0.15) is 30.0 Å². The molecule has 1 unspecified atom stereocenters. The first-order valence-corrected chi connectivity index (χ1v) is 7.40. The van der Waals surface area contributed by atoms with Gasteiger partial charge in [0.25, 0.3) is 0 Å². The topological polar surface area (TPSA) is 44.1 Å². The van der Waals surface area contributed by atoms with Crippen molar-refractivity contribution in [2.45, 2.75) is 32.2 Å². The summed E-state index contributed by atoms with van der Waals surface area (Å²) in [4.78, 5) is 14.8. The number of benzene rings is 2. The molecule has 110 valence electrons. The van der Waals surface area contributed by atoms with E-state index in [1.807, 2.05) is 62.4 Å². The van der Waals surface area contributed by atoms with Gasteiger partial charge in [-0.1, -0.05) is 48.0 Å². The molecule has 2 aromatic carbocycles. The van der Waals surface area contributed by atoms with E-state index in [4.69, 9.17) is 5.26 Å². The first-order chi connectivity index (χ1) is 10.6. The maximum absolute atomic E-state index is 13.0. The zero-order valence-corrected chi connectivity index (χ0v) is 12.8. The van der Waals surface area contributed by atoms with Crippen LogP contribution in [0, 0.1) is 18.3 Å². The molecule has 0 N–H and O–H groups in total. The van der Waals surface area contributed by atoms with E-state index in [9.17, 15) is 4.79 Å². The van der Waals surface area contributed by atoms with Crippen LogP contribution in [0.15, 0.2) is 48.5 Å². The number of carbonyl (C=O) groups excluding carboxylic acids is 1. The number of hydrogen-bond acceptors (Lipinski definition) is 2. The zero-order valence-electron chi connectivity index (χ0n) is 12.8. The molecular formula is C19H18N2O. The smallest absolute Gasteiger partial charge is 0.238 e. The molecule has 0 spiro atoms. The Labute approximate surface area is 130 Å². The van der Waals surface area contributed by atoms with Crippen molar-refractivity contribution in [3.8, 4) is 6.07 Å². The first kappa shape index (κ1) is 14.3. The standard InChI is InChI=1S/C19H18N2O/c1-14-8-9-17-16(12-14)19(2,10-11-20)18(22)21(17)13-15-6-4-3-5-7-15/h3-9,12H,10,13H2,1-2H3. The SMILES string of the molecule is Cc1ccc2c(c1)C(C)(CC#N)C(=O)N2Cc1ccccc1. The van der Waals surface area contributed by atoms with Crippen molar-refractivity contribution < 1.29 is 4.79 Å². The molecule has 22 heavy (non-hydrogen) atoms. The summed E-state index contributed by atoms with van der Waals surface area (Å²) in [5.74, 6) is 0.0125. The Bertz CT molecular complexity index is 761. The molecule has 1 aliphatic rings. The first-order valence-electron chi connectivity index (χ1n) is 7.40. The second-order valence-corrected chi connectivity index (χ2v) is 6.06.